The lowest BCUT2D eigenvalue weighted by atomic mass is 10.3. The van der Waals surface area contributed by atoms with Gasteiger partial charge in [-0.05, 0) is 25.1 Å². The molecule has 0 saturated heterocycles. The van der Waals surface area contributed by atoms with Gasteiger partial charge in [0.2, 0.25) is 10.0 Å². The number of hydrogen-bond donors (Lipinski definition) is 1. The van der Waals surface area contributed by atoms with Crippen molar-refractivity contribution in [1.29, 1.82) is 0 Å². The minimum absolute atomic E-state index is 0.0746. The van der Waals surface area contributed by atoms with Crippen LogP contribution in [0.2, 0.25) is 0 Å². The quantitative estimate of drug-likeness (QED) is 0.865. The van der Waals surface area contributed by atoms with E-state index in [-0.39, 0.29) is 17.3 Å². The third-order valence-corrected chi connectivity index (χ3v) is 3.99. The van der Waals surface area contributed by atoms with Crippen molar-refractivity contribution in [3.05, 3.63) is 34.8 Å². The molecule has 0 radical (unpaired) electrons. The number of aryl methyl sites for hydroxylation is 1. The second-order valence-corrected chi connectivity index (χ2v) is 6.36. The zero-order chi connectivity index (χ0) is 14.8. The van der Waals surface area contributed by atoms with Gasteiger partial charge in [-0.3, -0.25) is 0 Å². The van der Waals surface area contributed by atoms with Crippen molar-refractivity contribution in [1.82, 2.24) is 14.8 Å². The predicted octanol–water partition coefficient (Wildman–Crippen LogP) is 1.29. The molecule has 0 fully saturated rings. The molecule has 2 N–H and O–H groups in total. The summed E-state index contributed by atoms with van der Waals surface area (Å²) in [5.74, 6) is 0.789. The van der Waals surface area contributed by atoms with Crippen LogP contribution in [0.15, 0.2) is 33.9 Å². The van der Waals surface area contributed by atoms with Gasteiger partial charge in [-0.25, -0.2) is 23.2 Å². The Labute approximate surface area is 124 Å². The Balaban J connectivity index is 2.26. The Kier molecular flexibility index (Phi) is 4.41. The summed E-state index contributed by atoms with van der Waals surface area (Å²) in [7, 11) is -3.86. The number of aromatic nitrogens is 3. The minimum Gasteiger partial charge on any atom is -0.484 e. The third-order valence-electron chi connectivity index (χ3n) is 2.56. The highest BCUT2D eigenvalue weighted by Crippen LogP contribution is 2.27. The molecular weight excluding hydrogens is 348 g/mol. The molecule has 0 amide bonds. The molecule has 2 aromatic rings. The third kappa shape index (κ3) is 3.35. The predicted molar refractivity (Wildman–Crippen MR) is 75.5 cm³/mol. The van der Waals surface area contributed by atoms with Crippen LogP contribution in [-0.2, 0) is 23.2 Å². The van der Waals surface area contributed by atoms with Crippen molar-refractivity contribution < 1.29 is 13.2 Å². The van der Waals surface area contributed by atoms with E-state index >= 15 is 0 Å². The van der Waals surface area contributed by atoms with Crippen molar-refractivity contribution in [2.24, 2.45) is 5.14 Å². The van der Waals surface area contributed by atoms with Gasteiger partial charge in [0.1, 0.15) is 23.6 Å². The first-order chi connectivity index (χ1) is 9.41. The second kappa shape index (κ2) is 5.90. The fourth-order valence-electron chi connectivity index (χ4n) is 1.63. The van der Waals surface area contributed by atoms with Crippen LogP contribution in [0.25, 0.3) is 0 Å². The van der Waals surface area contributed by atoms with Gasteiger partial charge in [0.05, 0.1) is 0 Å². The molecule has 1 aromatic carbocycles. The molecular formula is C11H13BrN4O3S. The van der Waals surface area contributed by atoms with E-state index in [0.717, 1.165) is 0 Å². The van der Waals surface area contributed by atoms with Gasteiger partial charge in [-0.1, -0.05) is 15.9 Å². The maximum atomic E-state index is 11.5. The van der Waals surface area contributed by atoms with Crippen molar-refractivity contribution in [2.45, 2.75) is 25.0 Å². The number of sulfonamides is 1. The summed E-state index contributed by atoms with van der Waals surface area (Å²) < 4.78 is 30.8. The first-order valence-corrected chi connectivity index (χ1v) is 8.07. The molecule has 0 atom stereocenters. The van der Waals surface area contributed by atoms with E-state index in [9.17, 15) is 8.42 Å². The van der Waals surface area contributed by atoms with E-state index in [1.807, 2.05) is 6.92 Å². The molecule has 20 heavy (non-hydrogen) atoms. The number of ether oxygens (including phenoxy) is 1. The summed E-state index contributed by atoms with van der Waals surface area (Å²) in [4.78, 5) is 3.97. The summed E-state index contributed by atoms with van der Waals surface area (Å²) in [6.07, 6.45) is 1.42. The SMILES string of the molecule is CCn1ncnc1COc1ccc(Br)cc1S(N)(=O)=O. The average Bonchev–Trinajstić information content (AvgIpc) is 2.83. The van der Waals surface area contributed by atoms with E-state index in [2.05, 4.69) is 26.0 Å². The normalized spacial score (nSPS) is 11.6. The molecule has 0 aliphatic rings. The van der Waals surface area contributed by atoms with Gasteiger partial charge >= 0.3 is 0 Å². The molecule has 1 heterocycles. The number of nitrogens with two attached hydrogens (primary N) is 1. The molecule has 0 bridgehead atoms. The maximum Gasteiger partial charge on any atom is 0.241 e. The number of benzene rings is 1. The number of halogens is 1. The van der Waals surface area contributed by atoms with Gasteiger partial charge in [-0.2, -0.15) is 5.10 Å². The van der Waals surface area contributed by atoms with Crippen LogP contribution in [0, 0.1) is 0 Å². The zero-order valence-electron chi connectivity index (χ0n) is 10.7. The largest absolute Gasteiger partial charge is 0.484 e. The molecule has 1 aromatic heterocycles. The fourth-order valence-corrected chi connectivity index (χ4v) is 2.84. The monoisotopic (exact) mass is 360 g/mol. The van der Waals surface area contributed by atoms with E-state index in [4.69, 9.17) is 9.88 Å². The van der Waals surface area contributed by atoms with Crippen molar-refractivity contribution in [3.8, 4) is 5.75 Å². The van der Waals surface area contributed by atoms with Crippen LogP contribution in [-0.4, -0.2) is 23.2 Å². The Morgan fingerprint density at radius 1 is 1.45 bits per heavy atom. The van der Waals surface area contributed by atoms with Gasteiger partial charge in [0.25, 0.3) is 0 Å². The number of primary sulfonamides is 1. The number of hydrogen-bond acceptors (Lipinski definition) is 5. The van der Waals surface area contributed by atoms with Crippen LogP contribution in [0.4, 0.5) is 0 Å². The summed E-state index contributed by atoms with van der Waals surface area (Å²) in [6.45, 7) is 2.69. The van der Waals surface area contributed by atoms with Crippen LogP contribution >= 0.6 is 15.9 Å². The molecule has 0 unspecified atom stereocenters. The fraction of sp³-hybridized carbons (Fsp3) is 0.273. The second-order valence-electron chi connectivity index (χ2n) is 3.92. The van der Waals surface area contributed by atoms with Crippen LogP contribution < -0.4 is 9.88 Å². The molecule has 2 rings (SSSR count). The Morgan fingerprint density at radius 3 is 2.85 bits per heavy atom. The molecule has 0 spiro atoms. The first kappa shape index (κ1) is 14.9. The zero-order valence-corrected chi connectivity index (χ0v) is 13.1. The van der Waals surface area contributed by atoms with E-state index < -0.39 is 10.0 Å². The summed E-state index contributed by atoms with van der Waals surface area (Å²) in [6, 6.07) is 4.61. The van der Waals surface area contributed by atoms with Gasteiger partial charge in [0, 0.05) is 11.0 Å². The van der Waals surface area contributed by atoms with E-state index in [1.165, 1.54) is 18.5 Å². The highest BCUT2D eigenvalue weighted by Gasteiger charge is 2.16. The highest BCUT2D eigenvalue weighted by atomic mass is 79.9. The lowest BCUT2D eigenvalue weighted by Gasteiger charge is -2.10. The molecule has 7 nitrogen and oxygen atoms in total. The van der Waals surface area contributed by atoms with Crippen molar-refractivity contribution in [3.63, 3.8) is 0 Å². The van der Waals surface area contributed by atoms with Crippen LogP contribution in [0.5, 0.6) is 5.75 Å². The summed E-state index contributed by atoms with van der Waals surface area (Å²) >= 11 is 3.20. The van der Waals surface area contributed by atoms with Crippen LogP contribution in [0.3, 0.4) is 0 Å². The number of nitrogens with zero attached hydrogens (tertiary/aromatic N) is 3. The minimum atomic E-state index is -3.86. The lowest BCUT2D eigenvalue weighted by molar-refractivity contribution is 0.280. The molecule has 108 valence electrons. The Bertz CT molecular complexity index is 714. The number of rotatable bonds is 5. The summed E-state index contributed by atoms with van der Waals surface area (Å²) in [5.41, 5.74) is 0. The smallest absolute Gasteiger partial charge is 0.241 e. The highest BCUT2D eigenvalue weighted by molar-refractivity contribution is 9.10. The van der Waals surface area contributed by atoms with Gasteiger partial charge in [0.15, 0.2) is 5.82 Å². The topological polar surface area (TPSA) is 100 Å². The lowest BCUT2D eigenvalue weighted by Crippen LogP contribution is -2.15. The molecule has 0 aliphatic carbocycles. The average molecular weight is 361 g/mol. The van der Waals surface area contributed by atoms with Gasteiger partial charge < -0.3 is 4.74 Å². The first-order valence-electron chi connectivity index (χ1n) is 5.73. The Morgan fingerprint density at radius 2 is 2.20 bits per heavy atom. The van der Waals surface area contributed by atoms with Crippen molar-refractivity contribution in [2.75, 3.05) is 0 Å². The van der Waals surface area contributed by atoms with E-state index in [1.54, 1.807) is 10.7 Å². The van der Waals surface area contributed by atoms with Crippen LogP contribution in [0.1, 0.15) is 12.7 Å². The summed E-state index contributed by atoms with van der Waals surface area (Å²) in [5, 5.41) is 9.18. The Hall–Kier alpha value is -1.45. The standard InChI is InChI=1S/C11H13BrN4O3S/c1-2-16-11(14-7-15-16)6-19-9-4-3-8(12)5-10(9)20(13,17)18/h3-5,7H,2,6H2,1H3,(H2,13,17,18). The molecule has 0 saturated carbocycles. The molecule has 9 heteroatoms. The van der Waals surface area contributed by atoms with E-state index in [0.29, 0.717) is 16.8 Å². The maximum absolute atomic E-state index is 11.5. The molecule has 0 aliphatic heterocycles. The van der Waals surface area contributed by atoms with Gasteiger partial charge in [-0.15, -0.1) is 0 Å². The van der Waals surface area contributed by atoms with Crippen molar-refractivity contribution >= 4 is 26.0 Å².